The van der Waals surface area contributed by atoms with Crippen LogP contribution in [0.4, 0.5) is 5.69 Å². The van der Waals surface area contributed by atoms with Crippen LogP contribution in [0.3, 0.4) is 0 Å². The zero-order chi connectivity index (χ0) is 17.3. The van der Waals surface area contributed by atoms with Gasteiger partial charge >= 0.3 is 0 Å². The van der Waals surface area contributed by atoms with Crippen molar-refractivity contribution in [1.29, 1.82) is 0 Å². The molecule has 0 aliphatic carbocycles. The van der Waals surface area contributed by atoms with Crippen LogP contribution < -0.4 is 15.1 Å². The van der Waals surface area contributed by atoms with Crippen molar-refractivity contribution in [2.24, 2.45) is 0 Å². The maximum absolute atomic E-state index is 6.11. The summed E-state index contributed by atoms with van der Waals surface area (Å²) in [6.07, 6.45) is 2.47. The molecule has 2 aromatic carbocycles. The molecule has 0 radical (unpaired) electrons. The van der Waals surface area contributed by atoms with E-state index in [0.717, 1.165) is 38.5 Å². The molecule has 1 heterocycles. The summed E-state index contributed by atoms with van der Waals surface area (Å²) >= 11 is 0. The Balaban J connectivity index is 1.56. The van der Waals surface area contributed by atoms with Crippen LogP contribution in [-0.4, -0.2) is 37.7 Å². The van der Waals surface area contributed by atoms with E-state index in [1.165, 1.54) is 24.1 Å². The average Bonchev–Trinajstić information content (AvgIpc) is 2.68. The molecule has 1 fully saturated rings. The Labute approximate surface area is 151 Å². The van der Waals surface area contributed by atoms with Gasteiger partial charge < -0.3 is 9.64 Å². The van der Waals surface area contributed by atoms with Gasteiger partial charge in [0, 0.05) is 32.7 Å². The van der Waals surface area contributed by atoms with Gasteiger partial charge in [0.05, 0.1) is 5.69 Å². The van der Waals surface area contributed by atoms with Gasteiger partial charge in [-0.1, -0.05) is 55.8 Å². The van der Waals surface area contributed by atoms with Crippen molar-refractivity contribution in [2.45, 2.75) is 26.4 Å². The molecule has 0 atom stereocenters. The molecular formula is C21H29N3O. The van der Waals surface area contributed by atoms with Crippen LogP contribution in [0.5, 0.6) is 5.75 Å². The third kappa shape index (κ3) is 5.21. The molecule has 1 saturated heterocycles. The normalized spacial score (nSPS) is 15.3. The van der Waals surface area contributed by atoms with Gasteiger partial charge in [-0.15, -0.1) is 0 Å². The van der Waals surface area contributed by atoms with Crippen molar-refractivity contribution in [1.82, 2.24) is 10.4 Å². The van der Waals surface area contributed by atoms with Crippen molar-refractivity contribution >= 4 is 5.69 Å². The summed E-state index contributed by atoms with van der Waals surface area (Å²) in [7, 11) is 0. The minimum Gasteiger partial charge on any atom is -0.487 e. The molecule has 134 valence electrons. The Morgan fingerprint density at radius 1 is 0.920 bits per heavy atom. The molecule has 4 nitrogen and oxygen atoms in total. The molecule has 0 aromatic heterocycles. The summed E-state index contributed by atoms with van der Waals surface area (Å²) in [5.41, 5.74) is 5.93. The second-order valence-corrected chi connectivity index (χ2v) is 6.48. The molecule has 1 N–H and O–H groups in total. The highest BCUT2D eigenvalue weighted by Crippen LogP contribution is 2.29. The highest BCUT2D eigenvalue weighted by Gasteiger charge is 2.19. The largest absolute Gasteiger partial charge is 0.487 e. The number of nitrogens with one attached hydrogen (secondary N) is 1. The zero-order valence-electron chi connectivity index (χ0n) is 15.2. The van der Waals surface area contributed by atoms with Gasteiger partial charge in [-0.3, -0.25) is 5.43 Å². The molecule has 0 amide bonds. The van der Waals surface area contributed by atoms with Crippen LogP contribution in [0.2, 0.25) is 0 Å². The van der Waals surface area contributed by atoms with E-state index in [2.05, 4.69) is 64.7 Å². The Kier molecular flexibility index (Phi) is 6.71. The van der Waals surface area contributed by atoms with Crippen molar-refractivity contribution in [3.8, 4) is 5.75 Å². The predicted octanol–water partition coefficient (Wildman–Crippen LogP) is 3.69. The van der Waals surface area contributed by atoms with Crippen molar-refractivity contribution in [3.63, 3.8) is 0 Å². The lowest BCUT2D eigenvalue weighted by Gasteiger charge is -2.36. The highest BCUT2D eigenvalue weighted by atomic mass is 16.5. The third-order valence-electron chi connectivity index (χ3n) is 4.59. The molecular weight excluding hydrogens is 310 g/mol. The molecule has 25 heavy (non-hydrogen) atoms. The maximum atomic E-state index is 6.11. The first kappa shape index (κ1) is 17.8. The van der Waals surface area contributed by atoms with Crippen LogP contribution in [0.1, 0.15) is 25.3 Å². The number of nitrogens with zero attached hydrogens (tertiary/aromatic N) is 2. The Morgan fingerprint density at radius 2 is 1.64 bits per heavy atom. The number of para-hydroxylation sites is 2. The van der Waals surface area contributed by atoms with Crippen molar-refractivity contribution < 1.29 is 4.74 Å². The number of piperazine rings is 1. The van der Waals surface area contributed by atoms with E-state index < -0.39 is 0 Å². The van der Waals surface area contributed by atoms with Gasteiger partial charge in [-0.2, -0.15) is 0 Å². The summed E-state index contributed by atoms with van der Waals surface area (Å²) < 4.78 is 6.11. The minimum absolute atomic E-state index is 0.608. The molecule has 0 bridgehead atoms. The summed E-state index contributed by atoms with van der Waals surface area (Å²) in [5, 5.41) is 2.35. The van der Waals surface area contributed by atoms with Crippen LogP contribution >= 0.6 is 0 Å². The number of rotatable bonds is 8. The fourth-order valence-corrected chi connectivity index (χ4v) is 3.10. The smallest absolute Gasteiger partial charge is 0.143 e. The van der Waals surface area contributed by atoms with Crippen LogP contribution in [0, 0.1) is 0 Å². The fraction of sp³-hybridized carbons (Fsp3) is 0.429. The second kappa shape index (κ2) is 9.44. The summed E-state index contributed by atoms with van der Waals surface area (Å²) in [4.78, 5) is 2.43. The van der Waals surface area contributed by atoms with Gasteiger partial charge in [-0.25, -0.2) is 5.01 Å². The molecule has 1 aliphatic heterocycles. The van der Waals surface area contributed by atoms with Crippen molar-refractivity contribution in [3.05, 3.63) is 60.2 Å². The summed E-state index contributed by atoms with van der Waals surface area (Å²) in [5.74, 6) is 0.971. The zero-order valence-corrected chi connectivity index (χ0v) is 15.2. The molecule has 4 heteroatoms. The van der Waals surface area contributed by atoms with E-state index >= 15 is 0 Å². The van der Waals surface area contributed by atoms with E-state index in [1.54, 1.807) is 0 Å². The van der Waals surface area contributed by atoms with E-state index in [0.29, 0.717) is 6.61 Å². The fourth-order valence-electron chi connectivity index (χ4n) is 3.10. The Hall–Kier alpha value is -2.04. The summed E-state index contributed by atoms with van der Waals surface area (Å²) in [6, 6.07) is 18.7. The second-order valence-electron chi connectivity index (χ2n) is 6.48. The van der Waals surface area contributed by atoms with Gasteiger partial charge in [-0.05, 0) is 24.1 Å². The third-order valence-corrected chi connectivity index (χ3v) is 4.59. The molecule has 0 saturated carbocycles. The number of hydrogen-bond donors (Lipinski definition) is 1. The monoisotopic (exact) mass is 339 g/mol. The van der Waals surface area contributed by atoms with Crippen LogP contribution in [-0.2, 0) is 6.61 Å². The van der Waals surface area contributed by atoms with Gasteiger partial charge in [0.25, 0.3) is 0 Å². The molecule has 2 aromatic rings. The molecule has 0 unspecified atom stereocenters. The topological polar surface area (TPSA) is 27.7 Å². The average molecular weight is 339 g/mol. The standard InChI is InChI=1S/C21H29N3O/c1-2-3-13-22-24-16-14-23(15-17-24)20-11-7-8-12-21(20)25-18-19-9-5-4-6-10-19/h4-12,22H,2-3,13-18H2,1H3. The lowest BCUT2D eigenvalue weighted by Crippen LogP contribution is -2.52. The summed E-state index contributed by atoms with van der Waals surface area (Å²) in [6.45, 7) is 8.03. The number of anilines is 1. The van der Waals surface area contributed by atoms with E-state index in [9.17, 15) is 0 Å². The maximum Gasteiger partial charge on any atom is 0.143 e. The SMILES string of the molecule is CCCCNN1CCN(c2ccccc2OCc2ccccc2)CC1. The van der Waals surface area contributed by atoms with E-state index in [1.807, 2.05) is 12.1 Å². The first-order chi connectivity index (χ1) is 12.4. The first-order valence-electron chi connectivity index (χ1n) is 9.36. The number of benzene rings is 2. The van der Waals surface area contributed by atoms with Gasteiger partial charge in [0.2, 0.25) is 0 Å². The van der Waals surface area contributed by atoms with Crippen LogP contribution in [0.25, 0.3) is 0 Å². The molecule has 1 aliphatic rings. The number of hydrazine groups is 1. The quantitative estimate of drug-likeness (QED) is 0.742. The van der Waals surface area contributed by atoms with Gasteiger partial charge in [0.1, 0.15) is 12.4 Å². The highest BCUT2D eigenvalue weighted by molar-refractivity contribution is 5.58. The lowest BCUT2D eigenvalue weighted by atomic mass is 10.2. The lowest BCUT2D eigenvalue weighted by molar-refractivity contribution is 0.175. The molecule has 0 spiro atoms. The van der Waals surface area contributed by atoms with E-state index in [-0.39, 0.29) is 0 Å². The Morgan fingerprint density at radius 3 is 2.40 bits per heavy atom. The predicted molar refractivity (Wildman–Crippen MR) is 104 cm³/mol. The molecule has 3 rings (SSSR count). The van der Waals surface area contributed by atoms with Crippen molar-refractivity contribution in [2.75, 3.05) is 37.6 Å². The van der Waals surface area contributed by atoms with Gasteiger partial charge in [0.15, 0.2) is 0 Å². The Bertz CT molecular complexity index is 624. The number of hydrogen-bond acceptors (Lipinski definition) is 4. The first-order valence-corrected chi connectivity index (χ1v) is 9.36. The number of ether oxygens (including phenoxy) is 1. The van der Waals surface area contributed by atoms with Crippen LogP contribution in [0.15, 0.2) is 54.6 Å². The van der Waals surface area contributed by atoms with E-state index in [4.69, 9.17) is 4.74 Å². The number of unbranched alkanes of at least 4 members (excludes halogenated alkanes) is 1. The minimum atomic E-state index is 0.608.